The lowest BCUT2D eigenvalue weighted by molar-refractivity contribution is -0.116. The fourth-order valence-corrected chi connectivity index (χ4v) is 3.46. The van der Waals surface area contributed by atoms with Crippen LogP contribution in [0.15, 0.2) is 34.7 Å². The number of rotatable bonds is 6. The number of aromatic nitrogens is 2. The van der Waals surface area contributed by atoms with Crippen LogP contribution in [-0.2, 0) is 14.8 Å². The molecule has 21 heavy (non-hydrogen) atoms. The van der Waals surface area contributed by atoms with E-state index in [1.165, 1.54) is 29.0 Å². The second kappa shape index (κ2) is 6.94. The zero-order chi connectivity index (χ0) is 15.3. The van der Waals surface area contributed by atoms with Gasteiger partial charge in [0.2, 0.25) is 21.1 Å². The number of carbonyl (C=O) groups is 1. The van der Waals surface area contributed by atoms with Gasteiger partial charge < -0.3 is 5.32 Å². The van der Waals surface area contributed by atoms with Gasteiger partial charge in [-0.15, -0.1) is 10.2 Å². The van der Waals surface area contributed by atoms with E-state index < -0.39 is 10.0 Å². The molecule has 1 aromatic carbocycles. The second-order valence-corrected chi connectivity index (χ2v) is 6.85. The molecule has 0 aliphatic heterocycles. The lowest BCUT2D eigenvalue weighted by Crippen LogP contribution is -2.28. The first-order valence-electron chi connectivity index (χ1n) is 5.79. The summed E-state index contributed by atoms with van der Waals surface area (Å²) in [6, 6.07) is 6.09. The first kappa shape index (κ1) is 15.8. The molecule has 0 unspecified atom stereocenters. The standard InChI is InChI=1S/C11H11ClN4O3S2/c12-8-3-1-2-4-9(8)21(18,19)14-6-5-10(17)15-11-16-13-7-20-11/h1-4,7,14H,5-6H2,(H,15,16,17). The topological polar surface area (TPSA) is 101 Å². The first-order valence-corrected chi connectivity index (χ1v) is 8.53. The monoisotopic (exact) mass is 346 g/mol. The summed E-state index contributed by atoms with van der Waals surface area (Å²) < 4.78 is 26.3. The van der Waals surface area contributed by atoms with Gasteiger partial charge in [0.15, 0.2) is 0 Å². The van der Waals surface area contributed by atoms with Gasteiger partial charge in [-0.1, -0.05) is 35.1 Å². The van der Waals surface area contributed by atoms with Crippen molar-refractivity contribution in [2.45, 2.75) is 11.3 Å². The number of nitrogens with one attached hydrogen (secondary N) is 2. The Morgan fingerprint density at radius 3 is 2.76 bits per heavy atom. The van der Waals surface area contributed by atoms with Crippen LogP contribution in [0.4, 0.5) is 5.13 Å². The number of halogens is 1. The van der Waals surface area contributed by atoms with Gasteiger partial charge in [0.1, 0.15) is 10.4 Å². The highest BCUT2D eigenvalue weighted by Crippen LogP contribution is 2.19. The largest absolute Gasteiger partial charge is 0.300 e. The van der Waals surface area contributed by atoms with Crippen molar-refractivity contribution in [2.75, 3.05) is 11.9 Å². The van der Waals surface area contributed by atoms with Crippen molar-refractivity contribution in [3.05, 3.63) is 34.8 Å². The van der Waals surface area contributed by atoms with Gasteiger partial charge in [0.25, 0.3) is 0 Å². The second-order valence-electron chi connectivity index (χ2n) is 3.87. The molecule has 112 valence electrons. The van der Waals surface area contributed by atoms with Crippen LogP contribution < -0.4 is 10.0 Å². The van der Waals surface area contributed by atoms with E-state index in [9.17, 15) is 13.2 Å². The zero-order valence-corrected chi connectivity index (χ0v) is 13.0. The van der Waals surface area contributed by atoms with Crippen LogP contribution in [0.2, 0.25) is 5.02 Å². The van der Waals surface area contributed by atoms with Crippen LogP contribution in [-0.4, -0.2) is 31.1 Å². The van der Waals surface area contributed by atoms with E-state index in [4.69, 9.17) is 11.6 Å². The third-order valence-electron chi connectivity index (χ3n) is 2.38. The molecule has 0 radical (unpaired) electrons. The summed E-state index contributed by atoms with van der Waals surface area (Å²) >= 11 is 7.01. The van der Waals surface area contributed by atoms with Crippen LogP contribution in [0.3, 0.4) is 0 Å². The van der Waals surface area contributed by atoms with Crippen LogP contribution in [0.5, 0.6) is 0 Å². The summed E-state index contributed by atoms with van der Waals surface area (Å²) in [5.41, 5.74) is 1.48. The van der Waals surface area contributed by atoms with Crippen LogP contribution in [0.1, 0.15) is 6.42 Å². The highest BCUT2D eigenvalue weighted by molar-refractivity contribution is 7.89. The van der Waals surface area contributed by atoms with Crippen molar-refractivity contribution in [1.29, 1.82) is 0 Å². The summed E-state index contributed by atoms with van der Waals surface area (Å²) in [5.74, 6) is -0.353. The number of hydrogen-bond acceptors (Lipinski definition) is 6. The molecule has 1 heterocycles. The molecule has 7 nitrogen and oxygen atoms in total. The van der Waals surface area contributed by atoms with Gasteiger partial charge in [0, 0.05) is 13.0 Å². The third kappa shape index (κ3) is 4.46. The average Bonchev–Trinajstić information content (AvgIpc) is 2.91. The van der Waals surface area contributed by atoms with Crippen LogP contribution >= 0.6 is 22.9 Å². The van der Waals surface area contributed by atoms with Crippen molar-refractivity contribution < 1.29 is 13.2 Å². The van der Waals surface area contributed by atoms with Crippen molar-refractivity contribution in [1.82, 2.24) is 14.9 Å². The SMILES string of the molecule is O=C(CCNS(=O)(=O)c1ccccc1Cl)Nc1nncs1. The Morgan fingerprint density at radius 1 is 1.33 bits per heavy atom. The lowest BCUT2D eigenvalue weighted by atomic mass is 10.4. The fraction of sp³-hybridized carbons (Fsp3) is 0.182. The molecule has 2 N–H and O–H groups in total. The summed E-state index contributed by atoms with van der Waals surface area (Å²) in [6.07, 6.45) is -0.0245. The Morgan fingerprint density at radius 2 is 2.10 bits per heavy atom. The molecular weight excluding hydrogens is 336 g/mol. The van der Waals surface area contributed by atoms with Crippen molar-refractivity contribution in [3.63, 3.8) is 0 Å². The minimum atomic E-state index is -3.74. The minimum Gasteiger partial charge on any atom is -0.300 e. The molecule has 0 atom stereocenters. The molecule has 0 aliphatic carbocycles. The minimum absolute atomic E-state index is 0.0174. The summed E-state index contributed by atoms with van der Waals surface area (Å²) in [6.45, 7) is -0.0435. The van der Waals surface area contributed by atoms with E-state index in [0.29, 0.717) is 5.13 Å². The van der Waals surface area contributed by atoms with Gasteiger partial charge >= 0.3 is 0 Å². The normalized spacial score (nSPS) is 11.3. The van der Waals surface area contributed by atoms with Gasteiger partial charge in [-0.05, 0) is 12.1 Å². The number of nitrogens with zero attached hydrogens (tertiary/aromatic N) is 2. The lowest BCUT2D eigenvalue weighted by Gasteiger charge is -2.07. The van der Waals surface area contributed by atoms with Gasteiger partial charge in [0.05, 0.1) is 5.02 Å². The summed E-state index contributed by atoms with van der Waals surface area (Å²) in [4.78, 5) is 11.5. The number of carbonyl (C=O) groups excluding carboxylic acids is 1. The van der Waals surface area contributed by atoms with Crippen molar-refractivity contribution in [2.24, 2.45) is 0 Å². The maximum Gasteiger partial charge on any atom is 0.242 e. The fourth-order valence-electron chi connectivity index (χ4n) is 1.45. The summed E-state index contributed by atoms with van der Waals surface area (Å²) in [5, 5.41) is 10.2. The highest BCUT2D eigenvalue weighted by Gasteiger charge is 2.17. The maximum absolute atomic E-state index is 12.0. The van der Waals surface area contributed by atoms with E-state index >= 15 is 0 Å². The number of amides is 1. The van der Waals surface area contributed by atoms with E-state index in [-0.39, 0.29) is 28.8 Å². The maximum atomic E-state index is 12.0. The molecule has 0 aliphatic rings. The quantitative estimate of drug-likeness (QED) is 0.825. The molecule has 1 amide bonds. The van der Waals surface area contributed by atoms with E-state index in [1.807, 2.05) is 0 Å². The molecule has 1 aromatic heterocycles. The summed E-state index contributed by atoms with van der Waals surface area (Å²) in [7, 11) is -3.74. The Balaban J connectivity index is 1.88. The van der Waals surface area contributed by atoms with Crippen LogP contribution in [0, 0.1) is 0 Å². The number of hydrogen-bond donors (Lipinski definition) is 2. The molecule has 10 heteroatoms. The Kier molecular flexibility index (Phi) is 5.23. The predicted molar refractivity (Wildman–Crippen MR) is 79.8 cm³/mol. The number of benzene rings is 1. The smallest absolute Gasteiger partial charge is 0.242 e. The van der Waals surface area contributed by atoms with Gasteiger partial charge in [-0.2, -0.15) is 0 Å². The molecule has 2 aromatic rings. The molecule has 0 saturated carbocycles. The number of sulfonamides is 1. The average molecular weight is 347 g/mol. The molecular formula is C11H11ClN4O3S2. The van der Waals surface area contributed by atoms with E-state index in [0.717, 1.165) is 0 Å². The van der Waals surface area contributed by atoms with Gasteiger partial charge in [-0.3, -0.25) is 4.79 Å². The zero-order valence-electron chi connectivity index (χ0n) is 10.6. The third-order valence-corrected chi connectivity index (χ3v) is 4.94. The Bertz CT molecular complexity index is 719. The molecule has 0 bridgehead atoms. The predicted octanol–water partition coefficient (Wildman–Crippen LogP) is 1.50. The molecule has 0 fully saturated rings. The molecule has 2 rings (SSSR count). The molecule has 0 saturated heterocycles. The first-order chi connectivity index (χ1) is 9.99. The Hall–Kier alpha value is -1.55. The van der Waals surface area contributed by atoms with E-state index in [1.54, 1.807) is 12.1 Å². The highest BCUT2D eigenvalue weighted by atomic mass is 35.5. The Labute approximate surface area is 130 Å². The van der Waals surface area contributed by atoms with Crippen molar-refractivity contribution >= 4 is 44.0 Å². The van der Waals surface area contributed by atoms with E-state index in [2.05, 4.69) is 20.2 Å². The van der Waals surface area contributed by atoms with Crippen LogP contribution in [0.25, 0.3) is 0 Å². The van der Waals surface area contributed by atoms with Crippen molar-refractivity contribution in [3.8, 4) is 0 Å². The van der Waals surface area contributed by atoms with Gasteiger partial charge in [-0.25, -0.2) is 13.1 Å². The molecule has 0 spiro atoms. The number of anilines is 1.